The van der Waals surface area contributed by atoms with E-state index in [1.807, 2.05) is 11.3 Å². The van der Waals surface area contributed by atoms with Crippen LogP contribution in [0.15, 0.2) is 17.5 Å². The fourth-order valence-corrected chi connectivity index (χ4v) is 4.12. The molecule has 1 aromatic rings. The minimum atomic E-state index is 0.483. The highest BCUT2D eigenvalue weighted by atomic mass is 32.1. The van der Waals surface area contributed by atoms with Crippen molar-refractivity contribution in [1.29, 1.82) is 0 Å². The number of thiophene rings is 1. The molecule has 1 fully saturated rings. The van der Waals surface area contributed by atoms with Gasteiger partial charge in [0.1, 0.15) is 0 Å². The van der Waals surface area contributed by atoms with Crippen LogP contribution in [0.2, 0.25) is 0 Å². The average Bonchev–Trinajstić information content (AvgIpc) is 2.98. The second-order valence-electron chi connectivity index (χ2n) is 5.99. The first kappa shape index (κ1) is 15.0. The molecule has 2 unspecified atom stereocenters. The zero-order valence-corrected chi connectivity index (χ0v) is 13.2. The Morgan fingerprint density at radius 2 is 2.11 bits per heavy atom. The summed E-state index contributed by atoms with van der Waals surface area (Å²) in [6.45, 7) is 3.08. The van der Waals surface area contributed by atoms with Crippen LogP contribution in [0.4, 0.5) is 0 Å². The monoisotopic (exact) mass is 280 g/mol. The molecule has 1 aliphatic rings. The third-order valence-electron chi connectivity index (χ3n) is 4.74. The Bertz CT molecular complexity index is 344. The van der Waals surface area contributed by atoms with Crippen molar-refractivity contribution < 1.29 is 0 Å². The van der Waals surface area contributed by atoms with Crippen LogP contribution in [0.1, 0.15) is 56.4 Å². The van der Waals surface area contributed by atoms with E-state index in [1.54, 1.807) is 0 Å². The van der Waals surface area contributed by atoms with E-state index < -0.39 is 0 Å². The van der Waals surface area contributed by atoms with Gasteiger partial charge in [0.25, 0.3) is 0 Å². The first-order chi connectivity index (χ1) is 9.22. The Kier molecular flexibility index (Phi) is 5.86. The number of likely N-dealkylation sites (N-methyl/N-ethyl adjacent to an activating group) is 1. The van der Waals surface area contributed by atoms with Crippen LogP contribution in [0.5, 0.6) is 0 Å². The topological polar surface area (TPSA) is 29.3 Å². The Morgan fingerprint density at radius 1 is 1.37 bits per heavy atom. The van der Waals surface area contributed by atoms with Crippen molar-refractivity contribution in [3.63, 3.8) is 0 Å². The normalized spacial score (nSPS) is 20.6. The molecule has 1 aliphatic carbocycles. The average molecular weight is 280 g/mol. The highest BCUT2D eigenvalue weighted by molar-refractivity contribution is 7.10. The van der Waals surface area contributed by atoms with Crippen molar-refractivity contribution in [3.05, 3.63) is 22.4 Å². The summed E-state index contributed by atoms with van der Waals surface area (Å²) in [5.41, 5.74) is 6.04. The molecule has 3 heteroatoms. The molecule has 2 atom stereocenters. The van der Waals surface area contributed by atoms with Crippen molar-refractivity contribution in [2.45, 2.75) is 57.5 Å². The van der Waals surface area contributed by atoms with Crippen LogP contribution < -0.4 is 5.73 Å². The predicted octanol–water partition coefficient (Wildman–Crippen LogP) is 4.04. The lowest BCUT2D eigenvalue weighted by Gasteiger charge is -2.35. The minimum Gasteiger partial charge on any atom is -0.329 e. The van der Waals surface area contributed by atoms with E-state index >= 15 is 0 Å². The van der Waals surface area contributed by atoms with Crippen LogP contribution in [0, 0.1) is 5.92 Å². The van der Waals surface area contributed by atoms with Gasteiger partial charge in [-0.05, 0) is 37.8 Å². The maximum atomic E-state index is 6.04. The van der Waals surface area contributed by atoms with Crippen LogP contribution in [-0.4, -0.2) is 24.5 Å². The van der Waals surface area contributed by atoms with E-state index in [1.165, 1.54) is 43.4 Å². The van der Waals surface area contributed by atoms with Gasteiger partial charge < -0.3 is 5.73 Å². The zero-order valence-electron chi connectivity index (χ0n) is 12.3. The minimum absolute atomic E-state index is 0.483. The smallest absolute Gasteiger partial charge is 0.0413 e. The molecular formula is C16H28N2S. The number of rotatable bonds is 6. The Balaban J connectivity index is 1.92. The molecule has 2 nitrogen and oxygen atoms in total. The van der Waals surface area contributed by atoms with Crippen molar-refractivity contribution in [2.24, 2.45) is 11.7 Å². The second kappa shape index (κ2) is 7.41. The van der Waals surface area contributed by atoms with E-state index in [0.29, 0.717) is 12.1 Å². The molecule has 0 saturated heterocycles. The summed E-state index contributed by atoms with van der Waals surface area (Å²) < 4.78 is 0. The molecule has 2 N–H and O–H groups in total. The van der Waals surface area contributed by atoms with E-state index in [4.69, 9.17) is 5.73 Å². The first-order valence-electron chi connectivity index (χ1n) is 7.67. The van der Waals surface area contributed by atoms with Crippen molar-refractivity contribution in [2.75, 3.05) is 13.6 Å². The van der Waals surface area contributed by atoms with E-state index in [2.05, 4.69) is 36.4 Å². The number of hydrogen-bond donors (Lipinski definition) is 1. The molecule has 0 aromatic carbocycles. The maximum absolute atomic E-state index is 6.04. The van der Waals surface area contributed by atoms with Gasteiger partial charge in [-0.2, -0.15) is 0 Å². The van der Waals surface area contributed by atoms with Gasteiger partial charge in [-0.1, -0.05) is 38.2 Å². The standard InChI is InChI=1S/C16H28N2S/c1-13(16-9-6-10-19-16)18(2)15(12-17)11-14-7-4-3-5-8-14/h6,9-10,13-15H,3-5,7-8,11-12,17H2,1-2H3. The van der Waals surface area contributed by atoms with Crippen molar-refractivity contribution >= 4 is 11.3 Å². The van der Waals surface area contributed by atoms with Gasteiger partial charge in [0.15, 0.2) is 0 Å². The van der Waals surface area contributed by atoms with Gasteiger partial charge in [0, 0.05) is 23.5 Å². The number of nitrogens with two attached hydrogens (primary N) is 1. The molecule has 2 rings (SSSR count). The second-order valence-corrected chi connectivity index (χ2v) is 6.97. The van der Waals surface area contributed by atoms with Gasteiger partial charge in [-0.15, -0.1) is 11.3 Å². The van der Waals surface area contributed by atoms with Crippen LogP contribution in [0.3, 0.4) is 0 Å². The Labute approximate surface area is 122 Å². The first-order valence-corrected chi connectivity index (χ1v) is 8.55. The highest BCUT2D eigenvalue weighted by Crippen LogP contribution is 2.31. The summed E-state index contributed by atoms with van der Waals surface area (Å²) in [6.07, 6.45) is 8.39. The summed E-state index contributed by atoms with van der Waals surface area (Å²) in [7, 11) is 2.24. The van der Waals surface area contributed by atoms with Gasteiger partial charge in [0.2, 0.25) is 0 Å². The van der Waals surface area contributed by atoms with E-state index in [-0.39, 0.29) is 0 Å². The quantitative estimate of drug-likeness (QED) is 0.852. The molecule has 1 heterocycles. The van der Waals surface area contributed by atoms with E-state index in [9.17, 15) is 0 Å². The summed E-state index contributed by atoms with van der Waals surface area (Å²) in [6, 6.07) is 5.39. The third kappa shape index (κ3) is 4.04. The van der Waals surface area contributed by atoms with Gasteiger partial charge in [-0.3, -0.25) is 4.90 Å². The molecule has 1 aromatic heterocycles. The molecule has 1 saturated carbocycles. The van der Waals surface area contributed by atoms with E-state index in [0.717, 1.165) is 12.5 Å². The lowest BCUT2D eigenvalue weighted by atomic mass is 9.84. The van der Waals surface area contributed by atoms with Crippen LogP contribution in [0.25, 0.3) is 0 Å². The van der Waals surface area contributed by atoms with Crippen LogP contribution >= 0.6 is 11.3 Å². The maximum Gasteiger partial charge on any atom is 0.0413 e. The van der Waals surface area contributed by atoms with Crippen molar-refractivity contribution in [1.82, 2.24) is 4.90 Å². The Morgan fingerprint density at radius 3 is 2.68 bits per heavy atom. The van der Waals surface area contributed by atoms with Gasteiger partial charge in [0.05, 0.1) is 0 Å². The number of nitrogens with zero attached hydrogens (tertiary/aromatic N) is 1. The summed E-state index contributed by atoms with van der Waals surface area (Å²) in [5.74, 6) is 0.903. The lowest BCUT2D eigenvalue weighted by molar-refractivity contribution is 0.152. The fourth-order valence-electron chi connectivity index (χ4n) is 3.28. The summed E-state index contributed by atoms with van der Waals surface area (Å²) >= 11 is 1.85. The fraction of sp³-hybridized carbons (Fsp3) is 0.750. The molecule has 0 bridgehead atoms. The molecule has 108 valence electrons. The van der Waals surface area contributed by atoms with Crippen molar-refractivity contribution in [3.8, 4) is 0 Å². The highest BCUT2D eigenvalue weighted by Gasteiger charge is 2.24. The summed E-state index contributed by atoms with van der Waals surface area (Å²) in [4.78, 5) is 3.94. The lowest BCUT2D eigenvalue weighted by Crippen LogP contribution is -2.40. The molecule has 0 aliphatic heterocycles. The third-order valence-corrected chi connectivity index (χ3v) is 5.79. The molecular weight excluding hydrogens is 252 g/mol. The van der Waals surface area contributed by atoms with Gasteiger partial charge in [-0.25, -0.2) is 0 Å². The van der Waals surface area contributed by atoms with Gasteiger partial charge >= 0.3 is 0 Å². The molecule has 0 radical (unpaired) electrons. The summed E-state index contributed by atoms with van der Waals surface area (Å²) in [5, 5.41) is 2.16. The molecule has 0 amide bonds. The molecule has 0 spiro atoms. The zero-order chi connectivity index (χ0) is 13.7. The largest absolute Gasteiger partial charge is 0.329 e. The van der Waals surface area contributed by atoms with Crippen LogP contribution in [-0.2, 0) is 0 Å². The SMILES string of the molecule is CC(c1cccs1)N(C)C(CN)CC1CCCCC1. The number of hydrogen-bond acceptors (Lipinski definition) is 3. The molecule has 19 heavy (non-hydrogen) atoms. The predicted molar refractivity (Wildman–Crippen MR) is 84.5 cm³/mol. The Hall–Kier alpha value is -0.380.